The van der Waals surface area contributed by atoms with Crippen molar-refractivity contribution in [2.75, 3.05) is 17.7 Å². The number of nitrogens with one attached hydrogen (secondary N) is 3. The van der Waals surface area contributed by atoms with Gasteiger partial charge in [-0.2, -0.15) is 5.10 Å². The van der Waals surface area contributed by atoms with E-state index in [1.807, 2.05) is 24.3 Å². The zero-order valence-electron chi connectivity index (χ0n) is 21.9. The fourth-order valence-electron chi connectivity index (χ4n) is 3.76. The Morgan fingerprint density at radius 1 is 0.923 bits per heavy atom. The lowest BCUT2D eigenvalue weighted by Crippen LogP contribution is -2.21. The Hall–Kier alpha value is -4.77. The molecule has 3 heterocycles. The average Bonchev–Trinajstić information content (AvgIpc) is 3.56. The molecular weight excluding hydrogens is 514 g/mol. The highest BCUT2D eigenvalue weighted by atomic mass is 32.1. The summed E-state index contributed by atoms with van der Waals surface area (Å²) in [6.45, 7) is 6.21. The van der Waals surface area contributed by atoms with Gasteiger partial charge in [0.15, 0.2) is 0 Å². The van der Waals surface area contributed by atoms with Crippen LogP contribution in [0.15, 0.2) is 72.4 Å². The number of benzene rings is 2. The number of ether oxygens (including phenoxy) is 1. The van der Waals surface area contributed by atoms with Crippen LogP contribution < -0.4 is 20.7 Å². The van der Waals surface area contributed by atoms with Crippen molar-refractivity contribution in [2.45, 2.75) is 26.2 Å². The van der Waals surface area contributed by atoms with Crippen molar-refractivity contribution in [3.8, 4) is 17.2 Å². The van der Waals surface area contributed by atoms with Crippen LogP contribution in [-0.2, 0) is 5.41 Å². The van der Waals surface area contributed by atoms with Gasteiger partial charge in [0.25, 0.3) is 5.91 Å². The highest BCUT2D eigenvalue weighted by molar-refractivity contribution is 7.16. The van der Waals surface area contributed by atoms with Gasteiger partial charge in [-0.1, -0.05) is 20.8 Å². The molecule has 0 fully saturated rings. The Labute approximate surface area is 229 Å². The Balaban J connectivity index is 1.30. The van der Waals surface area contributed by atoms with Crippen LogP contribution in [-0.4, -0.2) is 38.7 Å². The second-order valence-corrected chi connectivity index (χ2v) is 10.6. The summed E-state index contributed by atoms with van der Waals surface area (Å²) in [5.74, 6) is 1.25. The topological polar surface area (TPSA) is 123 Å². The number of carbonyl (C=O) groups excluding carboxylic acids is 2. The molecule has 10 nitrogen and oxygen atoms in total. The van der Waals surface area contributed by atoms with E-state index in [0.717, 1.165) is 21.6 Å². The van der Waals surface area contributed by atoms with Crippen LogP contribution in [0.3, 0.4) is 0 Å². The lowest BCUT2D eigenvalue weighted by atomic mass is 9.92. The van der Waals surface area contributed by atoms with Gasteiger partial charge in [-0.3, -0.25) is 15.1 Å². The Kier molecular flexibility index (Phi) is 6.99. The molecule has 0 saturated carbocycles. The molecule has 0 saturated heterocycles. The van der Waals surface area contributed by atoms with Gasteiger partial charge in [0.05, 0.1) is 27.1 Å². The van der Waals surface area contributed by atoms with Crippen molar-refractivity contribution in [1.29, 1.82) is 0 Å². The summed E-state index contributed by atoms with van der Waals surface area (Å²) >= 11 is 1.57. The Bertz CT molecular complexity index is 1650. The zero-order chi connectivity index (χ0) is 27.6. The number of carbonyl (C=O) groups is 2. The van der Waals surface area contributed by atoms with Crippen molar-refractivity contribution in [2.24, 2.45) is 0 Å². The first-order valence-electron chi connectivity index (χ1n) is 12.2. The van der Waals surface area contributed by atoms with Crippen LogP contribution >= 0.6 is 11.3 Å². The van der Waals surface area contributed by atoms with E-state index >= 15 is 0 Å². The number of hydrogen-bond acceptors (Lipinski definition) is 7. The normalized spacial score (nSPS) is 11.3. The molecule has 0 atom stereocenters. The molecule has 11 heteroatoms. The summed E-state index contributed by atoms with van der Waals surface area (Å²) in [4.78, 5) is 33.2. The third kappa shape index (κ3) is 5.88. The number of fused-ring (bicyclic) bond motifs is 1. The van der Waals surface area contributed by atoms with Gasteiger partial charge in [-0.05, 0) is 48.5 Å². The van der Waals surface area contributed by atoms with Crippen molar-refractivity contribution in [1.82, 2.24) is 25.1 Å². The van der Waals surface area contributed by atoms with E-state index in [1.54, 1.807) is 57.9 Å². The van der Waals surface area contributed by atoms with Gasteiger partial charge in [-0.25, -0.2) is 14.5 Å². The maximum atomic E-state index is 13.0. The number of rotatable bonds is 6. The number of urea groups is 1. The first-order valence-corrected chi connectivity index (χ1v) is 13.1. The van der Waals surface area contributed by atoms with Gasteiger partial charge in [0.1, 0.15) is 23.0 Å². The molecule has 0 aliphatic rings. The Morgan fingerprint density at radius 3 is 2.46 bits per heavy atom. The molecule has 0 aliphatic heterocycles. The number of nitrogens with zero attached hydrogens (tertiary/aromatic N) is 4. The number of pyridine rings is 1. The third-order valence-corrected chi connectivity index (χ3v) is 6.63. The van der Waals surface area contributed by atoms with Gasteiger partial charge in [-0.15, -0.1) is 11.3 Å². The summed E-state index contributed by atoms with van der Waals surface area (Å²) in [6.07, 6.45) is 1.50. The number of amides is 3. The molecular formula is C28H27N7O3S. The largest absolute Gasteiger partial charge is 0.457 e. The van der Waals surface area contributed by atoms with Crippen molar-refractivity contribution < 1.29 is 14.3 Å². The summed E-state index contributed by atoms with van der Waals surface area (Å²) in [5, 5.41) is 13.1. The van der Waals surface area contributed by atoms with E-state index in [1.165, 1.54) is 13.2 Å². The van der Waals surface area contributed by atoms with Gasteiger partial charge in [0, 0.05) is 36.5 Å². The molecule has 0 radical (unpaired) electrons. The molecule has 3 N–H and O–H groups in total. The fraction of sp³-hybridized carbons (Fsp3) is 0.179. The maximum Gasteiger partial charge on any atom is 0.324 e. The Morgan fingerprint density at radius 2 is 1.72 bits per heavy atom. The number of anilines is 2. The second-order valence-electron chi connectivity index (χ2n) is 9.74. The molecule has 0 bridgehead atoms. The smallest absolute Gasteiger partial charge is 0.324 e. The van der Waals surface area contributed by atoms with E-state index in [2.05, 4.69) is 46.7 Å². The fourth-order valence-corrected chi connectivity index (χ4v) is 4.42. The molecule has 0 aliphatic carbocycles. The molecule has 198 valence electrons. The second kappa shape index (κ2) is 10.5. The summed E-state index contributed by atoms with van der Waals surface area (Å²) in [7, 11) is 1.54. The molecule has 2 aromatic carbocycles. The van der Waals surface area contributed by atoms with E-state index < -0.39 is 6.03 Å². The van der Waals surface area contributed by atoms with Crippen LogP contribution in [0.1, 0.15) is 37.0 Å². The summed E-state index contributed by atoms with van der Waals surface area (Å²) < 4.78 is 8.63. The lowest BCUT2D eigenvalue weighted by molar-refractivity contribution is 0.0958. The van der Waals surface area contributed by atoms with Crippen molar-refractivity contribution >= 4 is 45.0 Å². The molecule has 39 heavy (non-hydrogen) atoms. The molecule has 0 spiro atoms. The van der Waals surface area contributed by atoms with Crippen LogP contribution in [0.4, 0.5) is 16.3 Å². The van der Waals surface area contributed by atoms with Crippen LogP contribution in [0.5, 0.6) is 11.5 Å². The standard InChI is InChI=1S/C28H27N7O3S/c1-28(2,3)24-15-25(35(34-24)18-7-10-23-21(13-18)31-16-39-23)33-27(37)32-17-5-8-19(9-6-17)38-20-11-12-30-22(14-20)26(36)29-4/h5-16H,1-4H3,(H,29,36)(H2,32,33,37). The number of aromatic nitrogens is 4. The van der Waals surface area contributed by atoms with Gasteiger partial charge in [0.2, 0.25) is 0 Å². The zero-order valence-corrected chi connectivity index (χ0v) is 22.7. The van der Waals surface area contributed by atoms with E-state index in [4.69, 9.17) is 9.84 Å². The van der Waals surface area contributed by atoms with Crippen LogP contribution in [0, 0.1) is 0 Å². The highest BCUT2D eigenvalue weighted by Crippen LogP contribution is 2.29. The van der Waals surface area contributed by atoms with Crippen LogP contribution in [0.25, 0.3) is 15.9 Å². The molecule has 0 unspecified atom stereocenters. The van der Waals surface area contributed by atoms with E-state index in [-0.39, 0.29) is 17.0 Å². The summed E-state index contributed by atoms with van der Waals surface area (Å²) in [6, 6.07) is 17.5. The SMILES string of the molecule is CNC(=O)c1cc(Oc2ccc(NC(=O)Nc3cc(C(C)(C)C)nn3-c3ccc4scnc4c3)cc2)ccn1. The van der Waals surface area contributed by atoms with Crippen LogP contribution in [0.2, 0.25) is 0 Å². The van der Waals surface area contributed by atoms with E-state index in [9.17, 15) is 9.59 Å². The maximum absolute atomic E-state index is 13.0. The quantitative estimate of drug-likeness (QED) is 0.243. The summed E-state index contributed by atoms with van der Waals surface area (Å²) in [5.41, 5.74) is 4.94. The predicted octanol–water partition coefficient (Wildman–Crippen LogP) is 5.97. The molecule has 3 amide bonds. The number of hydrogen-bond donors (Lipinski definition) is 3. The first-order chi connectivity index (χ1) is 18.7. The minimum absolute atomic E-state index is 0.214. The predicted molar refractivity (Wildman–Crippen MR) is 152 cm³/mol. The first kappa shape index (κ1) is 25.9. The average molecular weight is 542 g/mol. The van der Waals surface area contributed by atoms with Gasteiger partial charge < -0.3 is 15.4 Å². The molecule has 3 aromatic heterocycles. The minimum atomic E-state index is -0.413. The minimum Gasteiger partial charge on any atom is -0.457 e. The van der Waals surface area contributed by atoms with Crippen molar-refractivity contribution in [3.05, 3.63) is 83.8 Å². The van der Waals surface area contributed by atoms with Gasteiger partial charge >= 0.3 is 6.03 Å². The van der Waals surface area contributed by atoms with E-state index in [0.29, 0.717) is 23.0 Å². The highest BCUT2D eigenvalue weighted by Gasteiger charge is 2.22. The molecule has 5 aromatic rings. The van der Waals surface area contributed by atoms with Crippen molar-refractivity contribution in [3.63, 3.8) is 0 Å². The third-order valence-electron chi connectivity index (χ3n) is 5.82. The monoisotopic (exact) mass is 541 g/mol. The lowest BCUT2D eigenvalue weighted by Gasteiger charge is -2.14. The molecule has 5 rings (SSSR count). The number of thiazole rings is 1.